The van der Waals surface area contributed by atoms with Crippen molar-refractivity contribution in [2.75, 3.05) is 11.9 Å². The third-order valence-corrected chi connectivity index (χ3v) is 3.78. The molecule has 1 aliphatic rings. The van der Waals surface area contributed by atoms with Crippen molar-refractivity contribution in [3.05, 3.63) is 64.7 Å². The molecular formula is C17H13ClN2O3. The Hall–Kier alpha value is -2.66. The summed E-state index contributed by atoms with van der Waals surface area (Å²) in [6.45, 7) is -0.321. The molecule has 0 fully saturated rings. The number of anilines is 1. The van der Waals surface area contributed by atoms with Gasteiger partial charge in [0.15, 0.2) is 0 Å². The summed E-state index contributed by atoms with van der Waals surface area (Å²) in [6.07, 6.45) is 0.117. The molecule has 0 saturated carbocycles. The highest BCUT2D eigenvalue weighted by Gasteiger charge is 2.31. The van der Waals surface area contributed by atoms with Crippen molar-refractivity contribution >= 4 is 35.0 Å². The maximum Gasteiger partial charge on any atom is 0.261 e. The average Bonchev–Trinajstić information content (AvgIpc) is 2.51. The van der Waals surface area contributed by atoms with E-state index >= 15 is 0 Å². The van der Waals surface area contributed by atoms with Gasteiger partial charge >= 0.3 is 0 Å². The second-order valence-corrected chi connectivity index (χ2v) is 5.61. The third-order valence-electron chi connectivity index (χ3n) is 3.55. The maximum absolute atomic E-state index is 12.4. The predicted octanol–water partition coefficient (Wildman–Crippen LogP) is 2.50. The molecule has 23 heavy (non-hydrogen) atoms. The van der Waals surface area contributed by atoms with Crippen molar-refractivity contribution in [1.29, 1.82) is 0 Å². The first kappa shape index (κ1) is 15.2. The van der Waals surface area contributed by atoms with Crippen LogP contribution in [-0.2, 0) is 16.0 Å². The molecule has 0 saturated heterocycles. The molecule has 0 radical (unpaired) electrons. The minimum absolute atomic E-state index is 0.117. The Morgan fingerprint density at radius 3 is 2.70 bits per heavy atom. The molecule has 2 aromatic carbocycles. The van der Waals surface area contributed by atoms with E-state index in [2.05, 4.69) is 5.32 Å². The van der Waals surface area contributed by atoms with Crippen LogP contribution >= 0.6 is 11.6 Å². The van der Waals surface area contributed by atoms with Crippen molar-refractivity contribution < 1.29 is 14.4 Å². The lowest BCUT2D eigenvalue weighted by atomic mass is 9.98. The van der Waals surface area contributed by atoms with Crippen LogP contribution in [0.5, 0.6) is 0 Å². The summed E-state index contributed by atoms with van der Waals surface area (Å²) in [5, 5.41) is 3.11. The van der Waals surface area contributed by atoms with Crippen molar-refractivity contribution in [2.24, 2.45) is 0 Å². The number of rotatable bonds is 3. The van der Waals surface area contributed by atoms with E-state index in [1.807, 2.05) is 0 Å². The van der Waals surface area contributed by atoms with Gasteiger partial charge in [-0.3, -0.25) is 19.3 Å². The molecule has 0 aromatic heterocycles. The van der Waals surface area contributed by atoms with Gasteiger partial charge in [-0.2, -0.15) is 0 Å². The van der Waals surface area contributed by atoms with Crippen LogP contribution in [0.1, 0.15) is 15.9 Å². The van der Waals surface area contributed by atoms with E-state index in [9.17, 15) is 14.4 Å². The van der Waals surface area contributed by atoms with Gasteiger partial charge in [-0.05, 0) is 29.8 Å². The smallest absolute Gasteiger partial charge is 0.261 e. The fourth-order valence-electron chi connectivity index (χ4n) is 2.47. The number of imide groups is 1. The Bertz CT molecular complexity index is 804. The van der Waals surface area contributed by atoms with Crippen LogP contribution in [-0.4, -0.2) is 29.2 Å². The highest BCUT2D eigenvalue weighted by molar-refractivity contribution is 6.30. The van der Waals surface area contributed by atoms with Gasteiger partial charge in [0.25, 0.3) is 5.91 Å². The van der Waals surface area contributed by atoms with Gasteiger partial charge in [-0.1, -0.05) is 35.9 Å². The lowest BCUT2D eigenvalue weighted by Gasteiger charge is -2.26. The van der Waals surface area contributed by atoms with Gasteiger partial charge in [0.1, 0.15) is 6.54 Å². The minimum atomic E-state index is -0.451. The van der Waals surface area contributed by atoms with Gasteiger partial charge in [0, 0.05) is 16.3 Å². The van der Waals surface area contributed by atoms with E-state index in [1.54, 1.807) is 48.5 Å². The molecule has 0 aliphatic carbocycles. The standard InChI is InChI=1S/C17H13ClN2O3/c18-12-5-3-6-13(9-12)19-15(21)10-20-16(22)8-11-4-1-2-7-14(11)17(20)23/h1-7,9H,8,10H2,(H,19,21). The van der Waals surface area contributed by atoms with Crippen LogP contribution in [0.2, 0.25) is 5.02 Å². The molecule has 0 unspecified atom stereocenters. The summed E-state index contributed by atoms with van der Waals surface area (Å²) in [6, 6.07) is 13.6. The number of amides is 3. The van der Waals surface area contributed by atoms with Crippen LogP contribution in [0.25, 0.3) is 0 Å². The Kier molecular flexibility index (Phi) is 4.12. The summed E-state index contributed by atoms with van der Waals surface area (Å²) < 4.78 is 0. The lowest BCUT2D eigenvalue weighted by Crippen LogP contribution is -2.46. The summed E-state index contributed by atoms with van der Waals surface area (Å²) in [5.74, 6) is -1.28. The SMILES string of the molecule is O=C(CN1C(=O)Cc2ccccc2C1=O)Nc1cccc(Cl)c1. The fourth-order valence-corrected chi connectivity index (χ4v) is 2.66. The number of hydrogen-bond acceptors (Lipinski definition) is 3. The normalized spacial score (nSPS) is 13.7. The fraction of sp³-hybridized carbons (Fsp3) is 0.118. The quantitative estimate of drug-likeness (QED) is 0.880. The summed E-state index contributed by atoms with van der Waals surface area (Å²) in [7, 11) is 0. The molecule has 116 valence electrons. The van der Waals surface area contributed by atoms with E-state index in [4.69, 9.17) is 11.6 Å². The molecule has 0 bridgehead atoms. The summed E-state index contributed by atoms with van der Waals surface area (Å²) >= 11 is 5.85. The second kappa shape index (κ2) is 6.22. The summed E-state index contributed by atoms with van der Waals surface area (Å²) in [4.78, 5) is 37.6. The van der Waals surface area contributed by atoms with Gasteiger partial charge in [0.05, 0.1) is 6.42 Å². The minimum Gasteiger partial charge on any atom is -0.324 e. The van der Waals surface area contributed by atoms with E-state index in [0.717, 1.165) is 4.90 Å². The van der Waals surface area contributed by atoms with Crippen LogP contribution < -0.4 is 5.32 Å². The zero-order valence-corrected chi connectivity index (χ0v) is 12.8. The average molecular weight is 329 g/mol. The number of nitrogens with zero attached hydrogens (tertiary/aromatic N) is 1. The van der Waals surface area contributed by atoms with E-state index in [0.29, 0.717) is 21.8 Å². The number of nitrogens with one attached hydrogen (secondary N) is 1. The number of hydrogen-bond donors (Lipinski definition) is 1. The Morgan fingerprint density at radius 1 is 1.13 bits per heavy atom. The van der Waals surface area contributed by atoms with Crippen molar-refractivity contribution in [3.63, 3.8) is 0 Å². The summed E-state index contributed by atoms with van der Waals surface area (Å²) in [5.41, 5.74) is 1.66. The Morgan fingerprint density at radius 2 is 1.91 bits per heavy atom. The second-order valence-electron chi connectivity index (χ2n) is 5.18. The van der Waals surface area contributed by atoms with E-state index in [-0.39, 0.29) is 18.9 Å². The van der Waals surface area contributed by atoms with Crippen molar-refractivity contribution in [3.8, 4) is 0 Å². The molecule has 0 spiro atoms. The van der Waals surface area contributed by atoms with Gasteiger partial charge in [-0.25, -0.2) is 0 Å². The largest absolute Gasteiger partial charge is 0.324 e. The number of carbonyl (C=O) groups is 3. The number of carbonyl (C=O) groups excluding carboxylic acids is 3. The molecule has 3 rings (SSSR count). The number of benzene rings is 2. The van der Waals surface area contributed by atoms with E-state index < -0.39 is 11.8 Å². The molecule has 5 nitrogen and oxygen atoms in total. The highest BCUT2D eigenvalue weighted by atomic mass is 35.5. The van der Waals surface area contributed by atoms with Crippen LogP contribution in [0.4, 0.5) is 5.69 Å². The van der Waals surface area contributed by atoms with Crippen molar-refractivity contribution in [2.45, 2.75) is 6.42 Å². The topological polar surface area (TPSA) is 66.5 Å². The first-order chi connectivity index (χ1) is 11.0. The molecule has 3 amide bonds. The predicted molar refractivity (Wildman–Crippen MR) is 86.3 cm³/mol. The molecule has 2 aromatic rings. The van der Waals surface area contributed by atoms with Crippen LogP contribution in [0.3, 0.4) is 0 Å². The molecule has 1 aliphatic heterocycles. The molecule has 0 atom stereocenters. The zero-order valence-electron chi connectivity index (χ0n) is 12.1. The first-order valence-electron chi connectivity index (χ1n) is 7.02. The third kappa shape index (κ3) is 3.24. The monoisotopic (exact) mass is 328 g/mol. The highest BCUT2D eigenvalue weighted by Crippen LogP contribution is 2.20. The molecule has 1 heterocycles. The lowest BCUT2D eigenvalue weighted by molar-refractivity contribution is -0.131. The Balaban J connectivity index is 1.74. The van der Waals surface area contributed by atoms with Gasteiger partial charge in [-0.15, -0.1) is 0 Å². The molecule has 6 heteroatoms. The first-order valence-corrected chi connectivity index (χ1v) is 7.40. The maximum atomic E-state index is 12.4. The zero-order chi connectivity index (χ0) is 16.4. The van der Waals surface area contributed by atoms with Crippen molar-refractivity contribution in [1.82, 2.24) is 4.90 Å². The molecular weight excluding hydrogens is 316 g/mol. The molecule has 1 N–H and O–H groups in total. The van der Waals surface area contributed by atoms with Crippen LogP contribution in [0, 0.1) is 0 Å². The number of fused-ring (bicyclic) bond motifs is 1. The van der Waals surface area contributed by atoms with Crippen LogP contribution in [0.15, 0.2) is 48.5 Å². The van der Waals surface area contributed by atoms with Gasteiger partial charge in [0.2, 0.25) is 11.8 Å². The van der Waals surface area contributed by atoms with Gasteiger partial charge < -0.3 is 5.32 Å². The Labute approximate surface area is 137 Å². The van der Waals surface area contributed by atoms with E-state index in [1.165, 1.54) is 0 Å². The number of halogens is 1.